The maximum Gasteiger partial charge on any atom is 0.331 e. The highest BCUT2D eigenvalue weighted by Gasteiger charge is 2.19. The lowest BCUT2D eigenvalue weighted by atomic mass is 10.1. The Labute approximate surface area is 142 Å². The molecule has 24 heavy (non-hydrogen) atoms. The van der Waals surface area contributed by atoms with E-state index in [-0.39, 0.29) is 24.4 Å². The molecule has 0 fully saturated rings. The normalized spacial score (nSPS) is 11.3. The Bertz CT molecular complexity index is 1030. The number of pyridine rings is 1. The maximum atomic E-state index is 12.8. The van der Waals surface area contributed by atoms with Crippen LogP contribution in [0, 0.1) is 13.8 Å². The summed E-state index contributed by atoms with van der Waals surface area (Å²) in [5.74, 6) is 0. The van der Waals surface area contributed by atoms with Crippen molar-refractivity contribution >= 4 is 21.6 Å². The average Bonchev–Trinajstić information content (AvgIpc) is 2.90. The van der Waals surface area contributed by atoms with Crippen LogP contribution >= 0.6 is 11.3 Å². The number of hydrogen-bond donors (Lipinski definition) is 1. The summed E-state index contributed by atoms with van der Waals surface area (Å²) < 4.78 is 2.72. The van der Waals surface area contributed by atoms with Gasteiger partial charge in [0, 0.05) is 43.0 Å². The van der Waals surface area contributed by atoms with E-state index in [1.165, 1.54) is 20.5 Å². The quantitative estimate of drug-likeness (QED) is 0.782. The number of rotatable bonds is 4. The highest BCUT2D eigenvalue weighted by molar-refractivity contribution is 7.22. The summed E-state index contributed by atoms with van der Waals surface area (Å²) in [4.78, 5) is 31.1. The molecule has 0 bridgehead atoms. The number of aromatic nitrogens is 3. The lowest BCUT2D eigenvalue weighted by molar-refractivity contribution is 0.277. The van der Waals surface area contributed by atoms with E-state index < -0.39 is 0 Å². The van der Waals surface area contributed by atoms with Crippen LogP contribution in [0.1, 0.15) is 17.5 Å². The molecule has 3 aromatic heterocycles. The molecule has 0 saturated carbocycles. The number of thiophene rings is 1. The molecule has 0 unspecified atom stereocenters. The summed E-state index contributed by atoms with van der Waals surface area (Å²) in [5.41, 5.74) is 2.21. The van der Waals surface area contributed by atoms with Crippen molar-refractivity contribution in [3.05, 3.63) is 50.4 Å². The van der Waals surface area contributed by atoms with E-state index in [9.17, 15) is 9.59 Å². The first kappa shape index (κ1) is 16.6. The molecular weight excluding hydrogens is 326 g/mol. The maximum absolute atomic E-state index is 12.8. The van der Waals surface area contributed by atoms with Crippen LogP contribution in [-0.2, 0) is 13.6 Å². The Hall–Kier alpha value is -2.25. The summed E-state index contributed by atoms with van der Waals surface area (Å²) in [7, 11) is 1.67. The molecular formula is C17H19N3O3S. The summed E-state index contributed by atoms with van der Waals surface area (Å²) in [6.07, 6.45) is 3.93. The van der Waals surface area contributed by atoms with Gasteiger partial charge in [-0.2, -0.15) is 0 Å². The van der Waals surface area contributed by atoms with E-state index in [1.807, 2.05) is 19.9 Å². The zero-order valence-corrected chi connectivity index (χ0v) is 14.7. The zero-order valence-electron chi connectivity index (χ0n) is 13.9. The smallest absolute Gasteiger partial charge is 0.331 e. The Morgan fingerprint density at radius 1 is 1.25 bits per heavy atom. The lowest BCUT2D eigenvalue weighted by Gasteiger charge is -2.07. The van der Waals surface area contributed by atoms with Crippen molar-refractivity contribution in [1.82, 2.24) is 14.1 Å². The number of aliphatic hydroxyl groups is 1. The van der Waals surface area contributed by atoms with Gasteiger partial charge in [0.2, 0.25) is 0 Å². The van der Waals surface area contributed by atoms with Crippen molar-refractivity contribution in [3.8, 4) is 10.4 Å². The van der Waals surface area contributed by atoms with Crippen LogP contribution in [0.4, 0.5) is 0 Å². The molecule has 6 nitrogen and oxygen atoms in total. The fourth-order valence-corrected chi connectivity index (χ4v) is 4.09. The molecule has 0 aromatic carbocycles. The van der Waals surface area contributed by atoms with Crippen LogP contribution in [0.5, 0.6) is 0 Å². The third-order valence-corrected chi connectivity index (χ3v) is 5.50. The Morgan fingerprint density at radius 2 is 2.00 bits per heavy atom. The molecule has 0 aliphatic carbocycles. The first-order chi connectivity index (χ1) is 11.5. The third-order valence-electron chi connectivity index (χ3n) is 4.09. The summed E-state index contributed by atoms with van der Waals surface area (Å²) in [6, 6.07) is 2.02. The zero-order chi connectivity index (χ0) is 17.4. The SMILES string of the molecule is Cc1cncc(-c2sc3c(c2C)c(=O)n(CCCO)c(=O)n3C)c1. The van der Waals surface area contributed by atoms with Gasteiger partial charge >= 0.3 is 5.69 Å². The van der Waals surface area contributed by atoms with Gasteiger partial charge in [0.05, 0.1) is 5.39 Å². The predicted octanol–water partition coefficient (Wildman–Crippen LogP) is 1.82. The van der Waals surface area contributed by atoms with Crippen LogP contribution in [0.15, 0.2) is 28.0 Å². The number of fused-ring (bicyclic) bond motifs is 1. The van der Waals surface area contributed by atoms with Crippen molar-refractivity contribution in [3.63, 3.8) is 0 Å². The summed E-state index contributed by atoms with van der Waals surface area (Å²) in [6.45, 7) is 4.03. The van der Waals surface area contributed by atoms with E-state index in [2.05, 4.69) is 4.98 Å². The Morgan fingerprint density at radius 3 is 2.67 bits per heavy atom. The van der Waals surface area contributed by atoms with Crippen molar-refractivity contribution in [1.29, 1.82) is 0 Å². The minimum absolute atomic E-state index is 0.0591. The number of hydrogen-bond acceptors (Lipinski definition) is 5. The van der Waals surface area contributed by atoms with Crippen molar-refractivity contribution in [2.24, 2.45) is 7.05 Å². The second-order valence-electron chi connectivity index (χ2n) is 5.86. The van der Waals surface area contributed by atoms with Crippen molar-refractivity contribution in [2.45, 2.75) is 26.8 Å². The van der Waals surface area contributed by atoms with Gasteiger partial charge in [-0.05, 0) is 37.5 Å². The van der Waals surface area contributed by atoms with Gasteiger partial charge in [0.15, 0.2) is 0 Å². The molecule has 0 aliphatic heterocycles. The molecule has 126 valence electrons. The molecule has 7 heteroatoms. The van der Waals surface area contributed by atoms with Gasteiger partial charge in [-0.1, -0.05) is 0 Å². The minimum atomic E-state index is -0.351. The molecule has 3 aromatic rings. The van der Waals surface area contributed by atoms with Crippen molar-refractivity contribution < 1.29 is 5.11 Å². The minimum Gasteiger partial charge on any atom is -0.396 e. The highest BCUT2D eigenvalue weighted by atomic mass is 32.1. The van der Waals surface area contributed by atoms with Gasteiger partial charge in [0.25, 0.3) is 5.56 Å². The molecule has 0 saturated heterocycles. The van der Waals surface area contributed by atoms with E-state index in [0.717, 1.165) is 21.6 Å². The molecule has 1 N–H and O–H groups in total. The van der Waals surface area contributed by atoms with Gasteiger partial charge in [-0.25, -0.2) is 4.79 Å². The lowest BCUT2D eigenvalue weighted by Crippen LogP contribution is -2.39. The molecule has 0 radical (unpaired) electrons. The second kappa shape index (κ2) is 6.33. The second-order valence-corrected chi connectivity index (χ2v) is 6.86. The molecule has 3 heterocycles. The number of aliphatic hydroxyl groups excluding tert-OH is 1. The topological polar surface area (TPSA) is 77.1 Å². The molecule has 0 amide bonds. The fourth-order valence-electron chi connectivity index (χ4n) is 2.86. The number of aryl methyl sites for hydroxylation is 3. The molecule has 0 atom stereocenters. The van der Waals surface area contributed by atoms with Crippen LogP contribution in [0.3, 0.4) is 0 Å². The van der Waals surface area contributed by atoms with E-state index in [0.29, 0.717) is 16.6 Å². The summed E-state index contributed by atoms with van der Waals surface area (Å²) in [5, 5.41) is 9.56. The Balaban J connectivity index is 2.33. The van der Waals surface area contributed by atoms with Crippen LogP contribution in [0.25, 0.3) is 20.7 Å². The van der Waals surface area contributed by atoms with Gasteiger partial charge in [-0.15, -0.1) is 11.3 Å². The van der Waals surface area contributed by atoms with E-state index >= 15 is 0 Å². The average molecular weight is 345 g/mol. The molecule has 3 rings (SSSR count). The van der Waals surface area contributed by atoms with Crippen molar-refractivity contribution in [2.75, 3.05) is 6.61 Å². The highest BCUT2D eigenvalue weighted by Crippen LogP contribution is 2.35. The molecule has 0 aliphatic rings. The van der Waals surface area contributed by atoms with Gasteiger partial charge in [-0.3, -0.25) is 18.9 Å². The molecule has 0 spiro atoms. The van der Waals surface area contributed by atoms with Crippen LogP contribution in [-0.4, -0.2) is 25.8 Å². The van der Waals surface area contributed by atoms with E-state index in [1.54, 1.807) is 19.4 Å². The third kappa shape index (κ3) is 2.59. The summed E-state index contributed by atoms with van der Waals surface area (Å²) >= 11 is 1.43. The fraction of sp³-hybridized carbons (Fsp3) is 0.353. The first-order valence-corrected chi connectivity index (χ1v) is 8.53. The Kier molecular flexibility index (Phi) is 4.38. The standard InChI is InChI=1S/C17H19N3O3S/c1-10-7-12(9-18-8-10)14-11(2)13-15(22)20(5-4-6-21)17(23)19(3)16(13)24-14/h7-9,21H,4-6H2,1-3H3. The monoisotopic (exact) mass is 345 g/mol. The predicted molar refractivity (Wildman–Crippen MR) is 95.7 cm³/mol. The van der Waals surface area contributed by atoms with Crippen LogP contribution in [0.2, 0.25) is 0 Å². The number of nitrogens with zero attached hydrogens (tertiary/aromatic N) is 3. The van der Waals surface area contributed by atoms with Gasteiger partial charge in [0.1, 0.15) is 4.83 Å². The largest absolute Gasteiger partial charge is 0.396 e. The van der Waals surface area contributed by atoms with E-state index in [4.69, 9.17) is 5.11 Å². The first-order valence-electron chi connectivity index (χ1n) is 7.71. The van der Waals surface area contributed by atoms with Crippen LogP contribution < -0.4 is 11.2 Å². The van der Waals surface area contributed by atoms with Gasteiger partial charge < -0.3 is 5.11 Å².